The van der Waals surface area contributed by atoms with Crippen LogP contribution in [0.4, 0.5) is 34.5 Å². The summed E-state index contributed by atoms with van der Waals surface area (Å²) in [6.07, 6.45) is 0. The van der Waals surface area contributed by atoms with Crippen molar-refractivity contribution < 1.29 is 34.5 Å². The molecule has 22 heavy (non-hydrogen) atoms. The van der Waals surface area contributed by atoms with Crippen LogP contribution in [0.5, 0.6) is 0 Å². The summed E-state index contributed by atoms with van der Waals surface area (Å²) in [6.45, 7) is -0.810. The quantitative estimate of drug-likeness (QED) is 0.344. The Balaban J connectivity index is 3.50. The third-order valence-corrected chi connectivity index (χ3v) is 5.38. The SMILES string of the molecule is CN(C)CCN(C)P(F)(F)(F)c1c(F)c(F)c(F)c(F)c1F. The van der Waals surface area contributed by atoms with E-state index in [4.69, 9.17) is 0 Å². The van der Waals surface area contributed by atoms with E-state index in [0.29, 0.717) is 7.05 Å². The molecule has 0 unspecified atom stereocenters. The van der Waals surface area contributed by atoms with Crippen LogP contribution in [0.25, 0.3) is 0 Å². The van der Waals surface area contributed by atoms with Crippen molar-refractivity contribution in [3.63, 3.8) is 0 Å². The van der Waals surface area contributed by atoms with Gasteiger partial charge in [0.2, 0.25) is 0 Å². The van der Waals surface area contributed by atoms with Gasteiger partial charge in [0, 0.05) is 0 Å². The van der Waals surface area contributed by atoms with Crippen LogP contribution >= 0.6 is 7.69 Å². The molecule has 1 aromatic carbocycles. The molecule has 2 nitrogen and oxygen atoms in total. The van der Waals surface area contributed by atoms with E-state index in [-0.39, 0.29) is 11.2 Å². The standard InChI is InChI=1S/C11H13F8N2P/c1-20(2)4-5-21(3)22(17,18,19)11-9(15)7(13)6(12)8(14)10(11)16/h4-5H2,1-3H3. The Morgan fingerprint density at radius 3 is 1.41 bits per heavy atom. The van der Waals surface area contributed by atoms with Gasteiger partial charge in [-0.2, -0.15) is 0 Å². The van der Waals surface area contributed by atoms with E-state index < -0.39 is 48.6 Å². The Kier molecular flexibility index (Phi) is 5.11. The maximum atomic E-state index is 14.1. The first-order chi connectivity index (χ1) is 9.79. The Morgan fingerprint density at radius 2 is 1.05 bits per heavy atom. The second-order valence-corrected chi connectivity index (χ2v) is 7.55. The molecule has 0 atom stereocenters. The molecule has 1 rings (SSSR count). The predicted octanol–water partition coefficient (Wildman–Crippen LogP) is 3.62. The molecular formula is C11H13F8N2P. The zero-order valence-corrected chi connectivity index (χ0v) is 12.7. The molecule has 0 spiro atoms. The topological polar surface area (TPSA) is 6.48 Å². The van der Waals surface area contributed by atoms with Crippen molar-refractivity contribution in [2.75, 3.05) is 34.2 Å². The molecule has 11 heteroatoms. The molecular weight excluding hydrogens is 343 g/mol. The van der Waals surface area contributed by atoms with Crippen molar-refractivity contribution in [2.45, 2.75) is 0 Å². The third kappa shape index (κ3) is 3.18. The van der Waals surface area contributed by atoms with Gasteiger partial charge in [0.05, 0.1) is 0 Å². The molecule has 128 valence electrons. The van der Waals surface area contributed by atoms with Gasteiger partial charge < -0.3 is 0 Å². The summed E-state index contributed by atoms with van der Waals surface area (Å²) >= 11 is 0. The molecule has 0 heterocycles. The Hall–Kier alpha value is -0.990. The van der Waals surface area contributed by atoms with Gasteiger partial charge >= 0.3 is 120 Å². The Bertz CT molecular complexity index is 555. The number of hydrogen-bond donors (Lipinski definition) is 0. The molecule has 0 saturated carbocycles. The number of likely N-dealkylation sites (N-methyl/N-ethyl adjacent to an activating group) is 2. The van der Waals surface area contributed by atoms with Gasteiger partial charge in [-0.05, 0) is 0 Å². The molecule has 0 aromatic heterocycles. The summed E-state index contributed by atoms with van der Waals surface area (Å²) < 4.78 is 108. The van der Waals surface area contributed by atoms with Crippen molar-refractivity contribution in [1.29, 1.82) is 0 Å². The van der Waals surface area contributed by atoms with Gasteiger partial charge in [-0.3, -0.25) is 0 Å². The van der Waals surface area contributed by atoms with Gasteiger partial charge in [-0.15, -0.1) is 0 Å². The summed E-state index contributed by atoms with van der Waals surface area (Å²) in [7, 11) is -4.55. The number of nitrogens with zero attached hydrogens (tertiary/aromatic N) is 2. The molecule has 0 N–H and O–H groups in total. The van der Waals surface area contributed by atoms with Crippen molar-refractivity contribution >= 4 is 13.0 Å². The van der Waals surface area contributed by atoms with Crippen molar-refractivity contribution in [3.8, 4) is 0 Å². The molecule has 0 radical (unpaired) electrons. The van der Waals surface area contributed by atoms with E-state index >= 15 is 0 Å². The van der Waals surface area contributed by atoms with Crippen LogP contribution in [0, 0.1) is 29.1 Å². The van der Waals surface area contributed by atoms with E-state index in [1.807, 2.05) is 0 Å². The van der Waals surface area contributed by atoms with Gasteiger partial charge in [0.25, 0.3) is 0 Å². The Labute approximate surface area is 121 Å². The number of benzene rings is 1. The van der Waals surface area contributed by atoms with E-state index in [1.165, 1.54) is 19.0 Å². The number of halogens is 8. The van der Waals surface area contributed by atoms with Gasteiger partial charge in [-0.1, -0.05) is 0 Å². The fourth-order valence-electron chi connectivity index (χ4n) is 1.58. The first kappa shape index (κ1) is 19.1. The normalized spacial score (nSPS) is 14.5. The molecule has 1 aromatic rings. The zero-order chi connectivity index (χ0) is 17.5. The average molecular weight is 356 g/mol. The van der Waals surface area contributed by atoms with Crippen LogP contribution < -0.4 is 5.30 Å². The summed E-state index contributed by atoms with van der Waals surface area (Å²) in [5, 5.41) is -2.70. The number of hydrogen-bond acceptors (Lipinski definition) is 2. The second kappa shape index (κ2) is 5.90. The van der Waals surface area contributed by atoms with Crippen LogP contribution in [0.3, 0.4) is 0 Å². The van der Waals surface area contributed by atoms with Crippen LogP contribution in [-0.4, -0.2) is 43.8 Å². The monoisotopic (exact) mass is 356 g/mol. The summed E-state index contributed by atoms with van der Waals surface area (Å²) in [5.41, 5.74) is 0. The summed E-state index contributed by atoms with van der Waals surface area (Å²) in [6, 6.07) is 0. The van der Waals surface area contributed by atoms with E-state index in [1.54, 1.807) is 0 Å². The summed E-state index contributed by atoms with van der Waals surface area (Å²) in [4.78, 5) is 1.38. The van der Waals surface area contributed by atoms with Crippen molar-refractivity contribution in [2.24, 2.45) is 0 Å². The van der Waals surface area contributed by atoms with Gasteiger partial charge in [0.1, 0.15) is 0 Å². The van der Waals surface area contributed by atoms with Crippen LogP contribution in [0.1, 0.15) is 0 Å². The van der Waals surface area contributed by atoms with E-state index in [0.717, 1.165) is 0 Å². The molecule has 0 amide bonds. The first-order valence-electron chi connectivity index (χ1n) is 5.85. The van der Waals surface area contributed by atoms with Crippen LogP contribution in [0.2, 0.25) is 0 Å². The minimum atomic E-state index is -8.00. The second-order valence-electron chi connectivity index (χ2n) is 4.88. The summed E-state index contributed by atoms with van der Waals surface area (Å²) in [5.74, 6) is -13.6. The fourth-order valence-corrected chi connectivity index (χ4v) is 3.16. The first-order valence-corrected chi connectivity index (χ1v) is 7.71. The van der Waals surface area contributed by atoms with Crippen LogP contribution in [0.15, 0.2) is 0 Å². The molecule has 0 fully saturated rings. The van der Waals surface area contributed by atoms with E-state index in [9.17, 15) is 34.5 Å². The number of rotatable bonds is 5. The third-order valence-electron chi connectivity index (χ3n) is 2.97. The van der Waals surface area contributed by atoms with Gasteiger partial charge in [-0.25, -0.2) is 0 Å². The zero-order valence-electron chi connectivity index (χ0n) is 11.8. The molecule has 0 bridgehead atoms. The van der Waals surface area contributed by atoms with E-state index in [2.05, 4.69) is 0 Å². The van der Waals surface area contributed by atoms with Crippen LogP contribution in [-0.2, 0) is 0 Å². The minimum absolute atomic E-state index is 0.123. The average Bonchev–Trinajstić information content (AvgIpc) is 2.39. The molecule has 0 saturated heterocycles. The maximum absolute atomic E-state index is 14.1. The fraction of sp³-hybridized carbons (Fsp3) is 0.455. The van der Waals surface area contributed by atoms with Gasteiger partial charge in [0.15, 0.2) is 0 Å². The molecule has 0 aliphatic heterocycles. The van der Waals surface area contributed by atoms with Crippen molar-refractivity contribution in [3.05, 3.63) is 29.1 Å². The molecule has 0 aliphatic rings. The molecule has 0 aliphatic carbocycles. The van der Waals surface area contributed by atoms with Crippen molar-refractivity contribution in [1.82, 2.24) is 9.57 Å². The Morgan fingerprint density at radius 1 is 0.682 bits per heavy atom. The predicted molar refractivity (Wildman–Crippen MR) is 67.3 cm³/mol.